The Hall–Kier alpha value is -1.75. The van der Waals surface area contributed by atoms with Crippen molar-refractivity contribution >= 4 is 25.8 Å². The highest BCUT2D eigenvalue weighted by atomic mass is 31.2. The van der Waals surface area contributed by atoms with E-state index in [0.717, 1.165) is 7.11 Å². The Labute approximate surface area is 167 Å². The number of aliphatic hydroxyl groups is 1. The molecule has 3 N–H and O–H groups in total. The van der Waals surface area contributed by atoms with Gasteiger partial charge in [-0.2, -0.15) is 4.90 Å². The molecule has 0 bridgehead atoms. The number of hydrogen-bond acceptors (Lipinski definition) is 8. The second-order valence-corrected chi connectivity index (χ2v) is 10.3. The van der Waals surface area contributed by atoms with Crippen LogP contribution in [0.15, 0.2) is 0 Å². The van der Waals surface area contributed by atoms with E-state index in [2.05, 4.69) is 4.74 Å². The first-order valence-electron chi connectivity index (χ1n) is 8.50. The Morgan fingerprint density at radius 2 is 1.41 bits per heavy atom. The van der Waals surface area contributed by atoms with Crippen LogP contribution < -0.4 is 0 Å². The SMILES string of the molecule is COC(=O)[C@@]1(N(C(=O)OC(C)(C)C)C(=O)OC(C)(C)C)C[C@@]1(F)C(O)P(=O)(O)O. The number of ether oxygens (including phenoxy) is 3. The van der Waals surface area contributed by atoms with Gasteiger partial charge in [0, 0.05) is 6.42 Å². The molecule has 0 heterocycles. The lowest BCUT2D eigenvalue weighted by molar-refractivity contribution is -0.151. The van der Waals surface area contributed by atoms with Crippen molar-refractivity contribution in [2.75, 3.05) is 7.11 Å². The summed E-state index contributed by atoms with van der Waals surface area (Å²) in [5, 5.41) is 9.87. The second-order valence-electron chi connectivity index (χ2n) is 8.65. The van der Waals surface area contributed by atoms with Gasteiger partial charge in [-0.15, -0.1) is 0 Å². The van der Waals surface area contributed by atoms with Crippen molar-refractivity contribution in [2.24, 2.45) is 0 Å². The molecule has 1 rings (SSSR count). The first-order chi connectivity index (χ1) is 12.7. The Morgan fingerprint density at radius 3 is 1.69 bits per heavy atom. The number of imide groups is 1. The number of alkyl halides is 1. The van der Waals surface area contributed by atoms with E-state index in [1.165, 1.54) is 41.5 Å². The molecule has 1 aliphatic carbocycles. The summed E-state index contributed by atoms with van der Waals surface area (Å²) in [6.45, 7) is 8.60. The van der Waals surface area contributed by atoms with Crippen molar-refractivity contribution in [1.29, 1.82) is 0 Å². The van der Waals surface area contributed by atoms with Crippen LogP contribution in [-0.2, 0) is 23.6 Å². The highest BCUT2D eigenvalue weighted by molar-refractivity contribution is 7.52. The topological polar surface area (TPSA) is 160 Å². The molecule has 2 amide bonds. The number of hydrogen-bond donors (Lipinski definition) is 3. The van der Waals surface area contributed by atoms with E-state index >= 15 is 4.39 Å². The second kappa shape index (κ2) is 7.50. The minimum absolute atomic E-state index is 0.0335. The minimum atomic E-state index is -5.49. The molecule has 1 unspecified atom stereocenters. The summed E-state index contributed by atoms with van der Waals surface area (Å²) in [5.74, 6) is -4.54. The maximum Gasteiger partial charge on any atom is 0.420 e. The number of esters is 1. The third-order valence-electron chi connectivity index (χ3n) is 3.86. The number of methoxy groups -OCH3 is 1. The lowest BCUT2D eigenvalue weighted by Crippen LogP contribution is -2.58. The summed E-state index contributed by atoms with van der Waals surface area (Å²) in [6.07, 6.45) is -4.17. The molecule has 11 nitrogen and oxygen atoms in total. The number of amides is 2. The van der Waals surface area contributed by atoms with Crippen molar-refractivity contribution in [3.05, 3.63) is 0 Å². The molecule has 0 saturated heterocycles. The normalized spacial score (nSPS) is 25.6. The van der Waals surface area contributed by atoms with Crippen molar-refractivity contribution in [1.82, 2.24) is 4.90 Å². The third kappa shape index (κ3) is 5.06. The van der Waals surface area contributed by atoms with E-state index in [1.54, 1.807) is 0 Å². The minimum Gasteiger partial charge on any atom is -0.467 e. The number of halogens is 1. The molecule has 3 atom stereocenters. The van der Waals surface area contributed by atoms with Crippen LogP contribution in [0.1, 0.15) is 48.0 Å². The van der Waals surface area contributed by atoms with Crippen molar-refractivity contribution < 1.29 is 52.4 Å². The van der Waals surface area contributed by atoms with Crippen LogP contribution >= 0.6 is 7.60 Å². The molecule has 1 aliphatic rings. The summed E-state index contributed by atoms with van der Waals surface area (Å²) in [5.41, 5.74) is -8.67. The van der Waals surface area contributed by atoms with E-state index in [9.17, 15) is 33.8 Å². The zero-order valence-electron chi connectivity index (χ0n) is 17.3. The van der Waals surface area contributed by atoms with Crippen LogP contribution in [-0.4, -0.2) is 73.3 Å². The molecule has 0 aliphatic heterocycles. The van der Waals surface area contributed by atoms with Gasteiger partial charge in [0.25, 0.3) is 0 Å². The van der Waals surface area contributed by atoms with E-state index in [4.69, 9.17) is 9.47 Å². The summed E-state index contributed by atoms with van der Waals surface area (Å²) >= 11 is 0. The number of aliphatic hydroxyl groups excluding tert-OH is 1. The molecule has 29 heavy (non-hydrogen) atoms. The molecular weight excluding hydrogens is 416 g/mol. The van der Waals surface area contributed by atoms with Crippen LogP contribution in [0.5, 0.6) is 0 Å². The maximum atomic E-state index is 15.5. The van der Waals surface area contributed by atoms with Gasteiger partial charge in [-0.25, -0.2) is 18.8 Å². The first-order valence-corrected chi connectivity index (χ1v) is 10.2. The van der Waals surface area contributed by atoms with Gasteiger partial charge in [-0.1, -0.05) is 0 Å². The quantitative estimate of drug-likeness (QED) is 0.331. The zero-order valence-corrected chi connectivity index (χ0v) is 18.2. The Morgan fingerprint density at radius 1 is 1.03 bits per heavy atom. The van der Waals surface area contributed by atoms with Gasteiger partial charge in [0.2, 0.25) is 0 Å². The van der Waals surface area contributed by atoms with Gasteiger partial charge in [0.1, 0.15) is 11.2 Å². The molecule has 0 aromatic carbocycles. The molecule has 168 valence electrons. The van der Waals surface area contributed by atoms with E-state index in [-0.39, 0.29) is 4.90 Å². The lowest BCUT2D eigenvalue weighted by atomic mass is 10.1. The lowest BCUT2D eigenvalue weighted by Gasteiger charge is -2.34. The molecular formula is C16H27FNO10P. The van der Waals surface area contributed by atoms with E-state index in [0.29, 0.717) is 0 Å². The van der Waals surface area contributed by atoms with Crippen LogP contribution in [0.25, 0.3) is 0 Å². The highest BCUT2D eigenvalue weighted by Crippen LogP contribution is 2.65. The van der Waals surface area contributed by atoms with Gasteiger partial charge in [0.05, 0.1) is 7.11 Å². The average molecular weight is 443 g/mol. The first kappa shape index (κ1) is 25.3. The monoisotopic (exact) mass is 443 g/mol. The fraction of sp³-hybridized carbons (Fsp3) is 0.812. The van der Waals surface area contributed by atoms with E-state index in [1.807, 2.05) is 0 Å². The Balaban J connectivity index is 3.60. The smallest absolute Gasteiger partial charge is 0.420 e. The average Bonchev–Trinajstić information content (AvgIpc) is 3.08. The predicted molar refractivity (Wildman–Crippen MR) is 95.6 cm³/mol. The summed E-state index contributed by atoms with van der Waals surface area (Å²) in [6, 6.07) is 0. The summed E-state index contributed by atoms with van der Waals surface area (Å²) in [7, 11) is -4.67. The van der Waals surface area contributed by atoms with Gasteiger partial charge in [-0.05, 0) is 41.5 Å². The van der Waals surface area contributed by atoms with Crippen molar-refractivity contribution in [3.8, 4) is 0 Å². The van der Waals surface area contributed by atoms with Crippen molar-refractivity contribution in [2.45, 2.75) is 76.2 Å². The fourth-order valence-corrected chi connectivity index (χ4v) is 3.51. The largest absolute Gasteiger partial charge is 0.467 e. The number of nitrogens with zero attached hydrogens (tertiary/aromatic N) is 1. The van der Waals surface area contributed by atoms with Gasteiger partial charge >= 0.3 is 25.8 Å². The maximum absolute atomic E-state index is 15.5. The molecule has 1 saturated carbocycles. The zero-order chi connectivity index (χ0) is 23.2. The predicted octanol–water partition coefficient (Wildman–Crippen LogP) is 1.68. The number of carbonyl (C=O) groups is 3. The number of carbonyl (C=O) groups excluding carboxylic acids is 3. The van der Waals surface area contributed by atoms with Crippen LogP contribution in [0, 0.1) is 0 Å². The van der Waals surface area contributed by atoms with Crippen LogP contribution in [0.3, 0.4) is 0 Å². The van der Waals surface area contributed by atoms with Crippen molar-refractivity contribution in [3.63, 3.8) is 0 Å². The standard InChI is InChI=1S/C16H27FNO10P/c1-13(2,3)27-11(21)18(12(22)28-14(4,5)6)16(9(19)26-7)8-15(16,17)10(20)29(23,24)25/h10,20H,8H2,1-7H3,(H2,23,24,25)/t10?,15-,16+/m1/s1. The molecule has 0 aromatic heterocycles. The Bertz CT molecular complexity index is 711. The molecule has 0 spiro atoms. The molecule has 13 heteroatoms. The molecule has 0 radical (unpaired) electrons. The fourth-order valence-electron chi connectivity index (χ4n) is 2.67. The van der Waals surface area contributed by atoms with E-state index < -0.39 is 60.4 Å². The molecule has 1 fully saturated rings. The molecule has 0 aromatic rings. The number of rotatable bonds is 4. The van der Waals surface area contributed by atoms with Gasteiger partial charge in [0.15, 0.2) is 17.1 Å². The van der Waals surface area contributed by atoms with Crippen LogP contribution in [0.2, 0.25) is 0 Å². The van der Waals surface area contributed by atoms with Crippen LogP contribution in [0.4, 0.5) is 14.0 Å². The summed E-state index contributed by atoms with van der Waals surface area (Å²) in [4.78, 5) is 56.2. The van der Waals surface area contributed by atoms with Gasteiger partial charge < -0.3 is 29.1 Å². The third-order valence-corrected chi connectivity index (χ3v) is 4.91. The highest BCUT2D eigenvalue weighted by Gasteiger charge is 2.86. The van der Waals surface area contributed by atoms with Gasteiger partial charge in [-0.3, -0.25) is 4.57 Å². The summed E-state index contributed by atoms with van der Waals surface area (Å²) < 4.78 is 41.5. The Kier molecular flexibility index (Phi) is 6.54.